The van der Waals surface area contributed by atoms with Gasteiger partial charge in [0, 0.05) is 38.3 Å². The van der Waals surface area contributed by atoms with Crippen molar-refractivity contribution in [2.24, 2.45) is 0 Å². The zero-order valence-electron chi connectivity index (χ0n) is 20.0. The zero-order chi connectivity index (χ0) is 25.8. The minimum absolute atomic E-state index is 0.130. The van der Waals surface area contributed by atoms with Crippen molar-refractivity contribution in [1.82, 2.24) is 24.4 Å². The molecule has 5 rings (SSSR count). The number of benzene rings is 2. The first-order valence-electron chi connectivity index (χ1n) is 12.1. The van der Waals surface area contributed by atoms with E-state index < -0.39 is 11.7 Å². The highest BCUT2D eigenvalue weighted by Crippen LogP contribution is 2.30. The molecular formula is C26H26F3N7O. The molecule has 1 saturated heterocycles. The highest BCUT2D eigenvalue weighted by atomic mass is 19.4. The summed E-state index contributed by atoms with van der Waals surface area (Å²) in [7, 11) is 0. The van der Waals surface area contributed by atoms with E-state index >= 15 is 0 Å². The van der Waals surface area contributed by atoms with E-state index in [1.54, 1.807) is 12.4 Å². The number of imidazole rings is 1. The number of para-hydroxylation sites is 1. The van der Waals surface area contributed by atoms with Crippen LogP contribution in [-0.2, 0) is 17.5 Å². The van der Waals surface area contributed by atoms with E-state index in [0.717, 1.165) is 37.2 Å². The summed E-state index contributed by atoms with van der Waals surface area (Å²) in [6.07, 6.45) is -0.525. The molecule has 4 aromatic rings. The summed E-state index contributed by atoms with van der Waals surface area (Å²) in [5.74, 6) is 0.962. The smallest absolute Gasteiger partial charge is 0.364 e. The lowest BCUT2D eigenvalue weighted by atomic mass is 10.1. The number of likely N-dealkylation sites (tertiary alicyclic amines) is 1. The predicted octanol–water partition coefficient (Wildman–Crippen LogP) is 4.87. The first-order valence-corrected chi connectivity index (χ1v) is 12.1. The van der Waals surface area contributed by atoms with Gasteiger partial charge in [0.1, 0.15) is 6.33 Å². The van der Waals surface area contributed by atoms with Gasteiger partial charge in [0.25, 0.3) is 0 Å². The molecule has 1 amide bonds. The molecule has 0 spiro atoms. The summed E-state index contributed by atoms with van der Waals surface area (Å²) in [5.41, 5.74) is 1.70. The Morgan fingerprint density at radius 1 is 1.00 bits per heavy atom. The maximum Gasteiger partial charge on any atom is 0.416 e. The van der Waals surface area contributed by atoms with Crippen LogP contribution in [0.25, 0.3) is 16.9 Å². The van der Waals surface area contributed by atoms with Gasteiger partial charge in [-0.1, -0.05) is 30.3 Å². The largest absolute Gasteiger partial charge is 0.416 e. The molecule has 0 saturated carbocycles. The standard InChI is InChI=1S/C26H26F3N7O/c27-26(28,29)19-8-4-7-18(15-19)16-31-23-22-24(36(17-32-22)20-9-2-1-3-10-20)34-25(33-23)30-12-6-14-35-13-5-11-21(35)37/h1-4,7-10,15,17H,5-6,11-14,16H2,(H2,30,31,33,34). The summed E-state index contributed by atoms with van der Waals surface area (Å²) < 4.78 is 41.3. The number of aromatic nitrogens is 4. The Morgan fingerprint density at radius 2 is 1.84 bits per heavy atom. The van der Waals surface area contributed by atoms with Crippen LogP contribution in [0.3, 0.4) is 0 Å². The van der Waals surface area contributed by atoms with Gasteiger partial charge in [0.15, 0.2) is 17.0 Å². The van der Waals surface area contributed by atoms with Crippen molar-refractivity contribution in [3.05, 3.63) is 72.1 Å². The number of alkyl halides is 3. The quantitative estimate of drug-likeness (QED) is 0.313. The number of halogens is 3. The predicted molar refractivity (Wildman–Crippen MR) is 134 cm³/mol. The maximum absolute atomic E-state index is 13.1. The minimum Gasteiger partial charge on any atom is -0.364 e. The van der Waals surface area contributed by atoms with Crippen LogP contribution in [0, 0.1) is 0 Å². The van der Waals surface area contributed by atoms with Crippen molar-refractivity contribution < 1.29 is 18.0 Å². The Hall–Kier alpha value is -4.15. The van der Waals surface area contributed by atoms with Crippen LogP contribution in [-0.4, -0.2) is 50.0 Å². The fourth-order valence-corrected chi connectivity index (χ4v) is 4.33. The molecule has 0 bridgehead atoms. The molecule has 11 heteroatoms. The van der Waals surface area contributed by atoms with Crippen LogP contribution < -0.4 is 10.6 Å². The molecule has 1 aliphatic rings. The molecule has 0 unspecified atom stereocenters. The number of nitrogens with zero attached hydrogens (tertiary/aromatic N) is 5. The zero-order valence-corrected chi connectivity index (χ0v) is 20.0. The second-order valence-electron chi connectivity index (χ2n) is 8.83. The van der Waals surface area contributed by atoms with Crippen molar-refractivity contribution in [3.8, 4) is 5.69 Å². The number of carbonyl (C=O) groups is 1. The number of amides is 1. The second kappa shape index (κ2) is 10.5. The third kappa shape index (κ3) is 5.65. The Morgan fingerprint density at radius 3 is 2.59 bits per heavy atom. The van der Waals surface area contributed by atoms with Gasteiger partial charge in [-0.2, -0.15) is 23.1 Å². The lowest BCUT2D eigenvalue weighted by molar-refractivity contribution is -0.137. The first kappa shape index (κ1) is 24.5. The molecule has 2 aromatic heterocycles. The summed E-state index contributed by atoms with van der Waals surface area (Å²) in [6.45, 7) is 2.14. The summed E-state index contributed by atoms with van der Waals surface area (Å²) in [4.78, 5) is 27.4. The molecule has 0 atom stereocenters. The van der Waals surface area contributed by atoms with Gasteiger partial charge < -0.3 is 15.5 Å². The third-order valence-electron chi connectivity index (χ3n) is 6.20. The van der Waals surface area contributed by atoms with Crippen LogP contribution in [0.4, 0.5) is 24.9 Å². The minimum atomic E-state index is -4.41. The molecule has 1 fully saturated rings. The van der Waals surface area contributed by atoms with Crippen LogP contribution in [0.5, 0.6) is 0 Å². The normalized spacial score (nSPS) is 13.9. The van der Waals surface area contributed by atoms with E-state index in [2.05, 4.69) is 25.6 Å². The Kier molecular flexibility index (Phi) is 6.93. The molecule has 0 aliphatic carbocycles. The summed E-state index contributed by atoms with van der Waals surface area (Å²) in [6, 6.07) is 14.8. The van der Waals surface area contributed by atoms with Crippen LogP contribution in [0.2, 0.25) is 0 Å². The molecule has 37 heavy (non-hydrogen) atoms. The van der Waals surface area contributed by atoms with Crippen LogP contribution >= 0.6 is 0 Å². The van der Waals surface area contributed by atoms with E-state index in [1.807, 2.05) is 39.8 Å². The van der Waals surface area contributed by atoms with Crippen LogP contribution in [0.1, 0.15) is 30.4 Å². The Labute approximate surface area is 211 Å². The van der Waals surface area contributed by atoms with Gasteiger partial charge in [-0.15, -0.1) is 0 Å². The summed E-state index contributed by atoms with van der Waals surface area (Å²) >= 11 is 0. The molecular weight excluding hydrogens is 483 g/mol. The van der Waals surface area contributed by atoms with Crippen molar-refractivity contribution >= 4 is 28.8 Å². The molecule has 8 nitrogen and oxygen atoms in total. The van der Waals surface area contributed by atoms with E-state index in [-0.39, 0.29) is 12.5 Å². The monoisotopic (exact) mass is 509 g/mol. The first-order chi connectivity index (χ1) is 17.9. The summed E-state index contributed by atoms with van der Waals surface area (Å²) in [5, 5.41) is 6.36. The Bertz CT molecular complexity index is 1390. The van der Waals surface area contributed by atoms with E-state index in [9.17, 15) is 18.0 Å². The van der Waals surface area contributed by atoms with E-state index in [1.165, 1.54) is 6.07 Å². The van der Waals surface area contributed by atoms with Crippen LogP contribution in [0.15, 0.2) is 60.9 Å². The number of hydrogen-bond acceptors (Lipinski definition) is 6. The van der Waals surface area contributed by atoms with Gasteiger partial charge in [0.2, 0.25) is 11.9 Å². The number of hydrogen-bond donors (Lipinski definition) is 2. The SMILES string of the molecule is O=C1CCCN1CCCNc1nc(NCc2cccc(C(F)(F)F)c2)c2ncn(-c3ccccc3)c2n1. The molecule has 0 radical (unpaired) electrons. The Balaban J connectivity index is 1.38. The fourth-order valence-electron chi connectivity index (χ4n) is 4.33. The molecule has 192 valence electrons. The molecule has 3 heterocycles. The lowest BCUT2D eigenvalue weighted by Gasteiger charge is -2.15. The molecule has 2 aromatic carbocycles. The van der Waals surface area contributed by atoms with E-state index in [4.69, 9.17) is 0 Å². The van der Waals surface area contributed by atoms with Crippen molar-refractivity contribution in [2.75, 3.05) is 30.3 Å². The number of rotatable bonds is 9. The van der Waals surface area contributed by atoms with Crippen molar-refractivity contribution in [3.63, 3.8) is 0 Å². The highest BCUT2D eigenvalue weighted by molar-refractivity contribution is 5.85. The van der Waals surface area contributed by atoms with Crippen molar-refractivity contribution in [2.45, 2.75) is 32.0 Å². The van der Waals surface area contributed by atoms with E-state index in [0.29, 0.717) is 48.0 Å². The molecule has 2 N–H and O–H groups in total. The van der Waals surface area contributed by atoms with Gasteiger partial charge in [-0.25, -0.2) is 4.98 Å². The van der Waals surface area contributed by atoms with Gasteiger partial charge in [-0.3, -0.25) is 9.36 Å². The third-order valence-corrected chi connectivity index (χ3v) is 6.20. The maximum atomic E-state index is 13.1. The average Bonchev–Trinajstić information content (AvgIpc) is 3.51. The number of fused-ring (bicyclic) bond motifs is 1. The number of carbonyl (C=O) groups excluding carboxylic acids is 1. The van der Waals surface area contributed by atoms with Gasteiger partial charge in [0.05, 0.1) is 5.56 Å². The lowest BCUT2D eigenvalue weighted by Crippen LogP contribution is -2.27. The number of nitrogens with one attached hydrogen (secondary N) is 2. The van der Waals surface area contributed by atoms with Crippen molar-refractivity contribution in [1.29, 1.82) is 0 Å². The second-order valence-corrected chi connectivity index (χ2v) is 8.83. The van der Waals surface area contributed by atoms with Gasteiger partial charge >= 0.3 is 6.18 Å². The highest BCUT2D eigenvalue weighted by Gasteiger charge is 2.30. The molecule has 1 aliphatic heterocycles. The fraction of sp³-hybridized carbons (Fsp3) is 0.308. The van der Waals surface area contributed by atoms with Gasteiger partial charge in [-0.05, 0) is 42.7 Å². The average molecular weight is 510 g/mol. The number of anilines is 2. The topological polar surface area (TPSA) is 88.0 Å².